The number of hydrogen-bond acceptors (Lipinski definition) is 6. The van der Waals surface area contributed by atoms with Gasteiger partial charge in [-0.2, -0.15) is 0 Å². The largest absolute Gasteiger partial charge is 0.497 e. The summed E-state index contributed by atoms with van der Waals surface area (Å²) in [6.07, 6.45) is 4.30. The summed E-state index contributed by atoms with van der Waals surface area (Å²) in [6, 6.07) is 18.1. The van der Waals surface area contributed by atoms with Crippen LogP contribution in [0.5, 0.6) is 5.75 Å². The van der Waals surface area contributed by atoms with Crippen molar-refractivity contribution in [2.45, 2.75) is 18.7 Å². The number of carbonyl (C=O) groups is 1. The highest BCUT2D eigenvalue weighted by Crippen LogP contribution is 2.39. The van der Waals surface area contributed by atoms with Crippen LogP contribution in [0, 0.1) is 0 Å². The van der Waals surface area contributed by atoms with Gasteiger partial charge in [0.1, 0.15) is 23.6 Å². The minimum absolute atomic E-state index is 0.324. The van der Waals surface area contributed by atoms with E-state index in [-0.39, 0.29) is 0 Å². The molecule has 0 bridgehead atoms. The van der Waals surface area contributed by atoms with E-state index in [1.165, 1.54) is 0 Å². The molecule has 9 heteroatoms. The van der Waals surface area contributed by atoms with Crippen molar-refractivity contribution in [3.8, 4) is 17.0 Å². The molecule has 1 saturated heterocycles. The number of benzene rings is 2. The first-order valence-corrected chi connectivity index (χ1v) is 10.7. The van der Waals surface area contributed by atoms with E-state index in [0.29, 0.717) is 28.7 Å². The quantitative estimate of drug-likeness (QED) is 0.411. The molecule has 2 aromatic heterocycles. The smallest absolute Gasteiger partial charge is 0.415 e. The third-order valence-electron chi connectivity index (χ3n) is 5.48. The minimum Gasteiger partial charge on any atom is -0.497 e. The Labute approximate surface area is 195 Å². The third kappa shape index (κ3) is 4.25. The van der Waals surface area contributed by atoms with Crippen molar-refractivity contribution in [2.75, 3.05) is 12.0 Å². The minimum atomic E-state index is -0.510. The van der Waals surface area contributed by atoms with Crippen LogP contribution < -0.4 is 9.64 Å². The number of anilines is 1. The molecular formula is C24H20ClN5O3. The number of methoxy groups -OCH3 is 1. The van der Waals surface area contributed by atoms with E-state index < -0.39 is 18.2 Å². The molecule has 8 nitrogen and oxygen atoms in total. The average molecular weight is 462 g/mol. The highest BCUT2D eigenvalue weighted by Gasteiger charge is 2.44. The maximum absolute atomic E-state index is 13.0. The second-order valence-corrected chi connectivity index (χ2v) is 7.99. The molecule has 0 saturated carbocycles. The van der Waals surface area contributed by atoms with Gasteiger partial charge in [0, 0.05) is 28.7 Å². The summed E-state index contributed by atoms with van der Waals surface area (Å²) in [4.78, 5) is 18.8. The summed E-state index contributed by atoms with van der Waals surface area (Å²) in [7, 11) is 1.61. The summed E-state index contributed by atoms with van der Waals surface area (Å²) < 4.78 is 12.9. The molecule has 0 aliphatic carbocycles. The van der Waals surface area contributed by atoms with Crippen molar-refractivity contribution in [3.05, 3.63) is 89.8 Å². The number of halogens is 1. The number of aromatic nitrogens is 4. The average Bonchev–Trinajstić information content (AvgIpc) is 3.44. The SMILES string of the molecule is COc1cccc([C@H]2[C@H](Cn3cc(-c4cccnc4)nn3)OC(=O)N2c2ccc(Cl)cc2)c1. The highest BCUT2D eigenvalue weighted by atomic mass is 35.5. The number of ether oxygens (including phenoxy) is 2. The van der Waals surface area contributed by atoms with Gasteiger partial charge in [-0.25, -0.2) is 9.48 Å². The van der Waals surface area contributed by atoms with Crippen LogP contribution in [-0.2, 0) is 11.3 Å². The standard InChI is InChI=1S/C24H20ClN5O3/c1-32-20-6-2-4-16(12-20)23-22(33-24(31)30(23)19-9-7-18(25)8-10-19)15-29-14-21(27-28-29)17-5-3-11-26-13-17/h2-14,22-23H,15H2,1H3/t22-,23-/m0/s1. The Morgan fingerprint density at radius 3 is 2.73 bits per heavy atom. The van der Waals surface area contributed by atoms with Gasteiger partial charge in [-0.15, -0.1) is 5.10 Å². The van der Waals surface area contributed by atoms with Crippen LogP contribution in [-0.4, -0.2) is 39.3 Å². The van der Waals surface area contributed by atoms with Crippen molar-refractivity contribution in [2.24, 2.45) is 0 Å². The molecule has 4 aromatic rings. The zero-order valence-corrected chi connectivity index (χ0v) is 18.5. The number of carbonyl (C=O) groups excluding carboxylic acids is 1. The Morgan fingerprint density at radius 1 is 1.12 bits per heavy atom. The molecule has 1 amide bonds. The van der Waals surface area contributed by atoms with Gasteiger partial charge in [-0.05, 0) is 54.1 Å². The van der Waals surface area contributed by atoms with Crippen LogP contribution in [0.2, 0.25) is 5.02 Å². The molecule has 1 aliphatic heterocycles. The number of amides is 1. The summed E-state index contributed by atoms with van der Waals surface area (Å²) in [6.45, 7) is 0.324. The summed E-state index contributed by atoms with van der Waals surface area (Å²) in [5.41, 5.74) is 3.13. The molecule has 0 spiro atoms. The van der Waals surface area contributed by atoms with E-state index >= 15 is 0 Å². The van der Waals surface area contributed by atoms with Gasteiger partial charge in [0.25, 0.3) is 0 Å². The molecule has 3 heterocycles. The number of pyridine rings is 1. The Morgan fingerprint density at radius 2 is 1.97 bits per heavy atom. The monoisotopic (exact) mass is 461 g/mol. The van der Waals surface area contributed by atoms with Crippen molar-refractivity contribution in [1.29, 1.82) is 0 Å². The predicted molar refractivity (Wildman–Crippen MR) is 123 cm³/mol. The van der Waals surface area contributed by atoms with Crippen LogP contribution in [0.4, 0.5) is 10.5 Å². The normalized spacial score (nSPS) is 17.8. The van der Waals surface area contributed by atoms with Gasteiger partial charge < -0.3 is 9.47 Å². The zero-order chi connectivity index (χ0) is 22.8. The highest BCUT2D eigenvalue weighted by molar-refractivity contribution is 6.30. The Bertz CT molecular complexity index is 1260. The van der Waals surface area contributed by atoms with Gasteiger partial charge in [-0.3, -0.25) is 9.88 Å². The van der Waals surface area contributed by atoms with E-state index in [1.54, 1.807) is 53.4 Å². The fraction of sp³-hybridized carbons (Fsp3) is 0.167. The van der Waals surface area contributed by atoms with Gasteiger partial charge in [0.15, 0.2) is 0 Å². The van der Waals surface area contributed by atoms with Gasteiger partial charge in [0.2, 0.25) is 0 Å². The van der Waals surface area contributed by atoms with Crippen LogP contribution in [0.3, 0.4) is 0 Å². The topological polar surface area (TPSA) is 82.4 Å². The van der Waals surface area contributed by atoms with Gasteiger partial charge >= 0.3 is 6.09 Å². The number of rotatable bonds is 6. The molecule has 0 radical (unpaired) electrons. The Kier molecular flexibility index (Phi) is 5.66. The second-order valence-electron chi connectivity index (χ2n) is 7.56. The number of nitrogens with zero attached hydrogens (tertiary/aromatic N) is 5. The molecule has 166 valence electrons. The maximum atomic E-state index is 13.0. The molecule has 0 unspecified atom stereocenters. The lowest BCUT2D eigenvalue weighted by molar-refractivity contribution is 0.117. The van der Waals surface area contributed by atoms with E-state index in [9.17, 15) is 4.79 Å². The third-order valence-corrected chi connectivity index (χ3v) is 5.73. The van der Waals surface area contributed by atoms with E-state index in [0.717, 1.165) is 11.1 Å². The molecule has 1 fully saturated rings. The first-order chi connectivity index (χ1) is 16.1. The molecule has 33 heavy (non-hydrogen) atoms. The van der Waals surface area contributed by atoms with Gasteiger partial charge in [0.05, 0.1) is 19.9 Å². The number of cyclic esters (lactones) is 1. The van der Waals surface area contributed by atoms with Crippen LogP contribution in [0.1, 0.15) is 11.6 Å². The van der Waals surface area contributed by atoms with Crippen molar-refractivity contribution in [3.63, 3.8) is 0 Å². The lowest BCUT2D eigenvalue weighted by Crippen LogP contribution is -2.31. The Hall–Kier alpha value is -3.91. The lowest BCUT2D eigenvalue weighted by atomic mass is 9.99. The first kappa shape index (κ1) is 21.0. The molecule has 0 N–H and O–H groups in total. The number of hydrogen-bond donors (Lipinski definition) is 0. The molecule has 2 aromatic carbocycles. The summed E-state index contributed by atoms with van der Waals surface area (Å²) in [5, 5.41) is 9.07. The van der Waals surface area contributed by atoms with Crippen LogP contribution >= 0.6 is 11.6 Å². The van der Waals surface area contributed by atoms with E-state index in [1.807, 2.05) is 42.6 Å². The summed E-state index contributed by atoms with van der Waals surface area (Å²) in [5.74, 6) is 0.696. The molecular weight excluding hydrogens is 442 g/mol. The Balaban J connectivity index is 1.49. The van der Waals surface area contributed by atoms with Crippen molar-refractivity contribution in [1.82, 2.24) is 20.0 Å². The second kappa shape index (κ2) is 8.91. The van der Waals surface area contributed by atoms with Crippen molar-refractivity contribution >= 4 is 23.4 Å². The van der Waals surface area contributed by atoms with E-state index in [4.69, 9.17) is 21.1 Å². The molecule has 1 aliphatic rings. The van der Waals surface area contributed by atoms with Crippen molar-refractivity contribution < 1.29 is 14.3 Å². The van der Waals surface area contributed by atoms with Crippen LogP contribution in [0.25, 0.3) is 11.3 Å². The predicted octanol–water partition coefficient (Wildman–Crippen LogP) is 4.77. The summed E-state index contributed by atoms with van der Waals surface area (Å²) >= 11 is 6.06. The fourth-order valence-corrected chi connectivity index (χ4v) is 4.07. The zero-order valence-electron chi connectivity index (χ0n) is 17.7. The lowest BCUT2D eigenvalue weighted by Gasteiger charge is -2.25. The van der Waals surface area contributed by atoms with Crippen LogP contribution in [0.15, 0.2) is 79.3 Å². The maximum Gasteiger partial charge on any atom is 0.415 e. The first-order valence-electron chi connectivity index (χ1n) is 10.3. The molecule has 2 atom stereocenters. The molecule has 5 rings (SSSR count). The van der Waals surface area contributed by atoms with E-state index in [2.05, 4.69) is 15.3 Å². The van der Waals surface area contributed by atoms with Gasteiger partial charge in [-0.1, -0.05) is 28.9 Å². The fourth-order valence-electron chi connectivity index (χ4n) is 3.94.